The Morgan fingerprint density at radius 2 is 2.14 bits per heavy atom. The molecule has 1 aliphatic rings. The molecule has 112 valence electrons. The number of hydrogen-bond acceptors (Lipinski definition) is 5. The van der Waals surface area contributed by atoms with E-state index < -0.39 is 5.60 Å². The van der Waals surface area contributed by atoms with Crippen LogP contribution in [-0.2, 0) is 6.54 Å². The van der Waals surface area contributed by atoms with Gasteiger partial charge in [-0.1, -0.05) is 5.16 Å². The third kappa shape index (κ3) is 3.46. The second kappa shape index (κ2) is 5.54. The van der Waals surface area contributed by atoms with E-state index in [2.05, 4.69) is 15.0 Å². The first-order chi connectivity index (χ1) is 10.0. The van der Waals surface area contributed by atoms with E-state index in [1.807, 2.05) is 6.92 Å². The molecule has 1 aromatic carbocycles. The van der Waals surface area contributed by atoms with Gasteiger partial charge < -0.3 is 9.63 Å². The van der Waals surface area contributed by atoms with Gasteiger partial charge in [0.2, 0.25) is 11.7 Å². The fraction of sp³-hybridized carbons (Fsp3) is 0.467. The molecule has 0 radical (unpaired) electrons. The van der Waals surface area contributed by atoms with Crippen molar-refractivity contribution in [2.45, 2.75) is 31.9 Å². The SMILES string of the molecule is CC1(O)CCCN(Cc2nc(-c3ccc(F)cc3)no2)C1. The summed E-state index contributed by atoms with van der Waals surface area (Å²) < 4.78 is 18.1. The third-order valence-electron chi connectivity index (χ3n) is 3.68. The molecule has 3 rings (SSSR count). The molecule has 1 unspecified atom stereocenters. The average molecular weight is 291 g/mol. The minimum Gasteiger partial charge on any atom is -0.389 e. The molecule has 1 N–H and O–H groups in total. The fourth-order valence-electron chi connectivity index (χ4n) is 2.68. The zero-order valence-electron chi connectivity index (χ0n) is 11.9. The summed E-state index contributed by atoms with van der Waals surface area (Å²) >= 11 is 0. The standard InChI is InChI=1S/C15H18FN3O2/c1-15(20)7-2-8-19(10-15)9-13-17-14(18-21-13)11-3-5-12(16)6-4-11/h3-6,20H,2,7-10H2,1H3. The van der Waals surface area contributed by atoms with Crippen molar-refractivity contribution in [3.63, 3.8) is 0 Å². The zero-order valence-corrected chi connectivity index (χ0v) is 11.9. The molecular weight excluding hydrogens is 273 g/mol. The average Bonchev–Trinajstić information content (AvgIpc) is 2.87. The molecule has 6 heteroatoms. The van der Waals surface area contributed by atoms with Crippen molar-refractivity contribution in [3.8, 4) is 11.4 Å². The Morgan fingerprint density at radius 1 is 1.38 bits per heavy atom. The van der Waals surface area contributed by atoms with Gasteiger partial charge in [-0.25, -0.2) is 4.39 Å². The summed E-state index contributed by atoms with van der Waals surface area (Å²) in [6, 6.07) is 5.98. The van der Waals surface area contributed by atoms with Crippen LogP contribution in [0.2, 0.25) is 0 Å². The lowest BCUT2D eigenvalue weighted by molar-refractivity contribution is -0.0207. The largest absolute Gasteiger partial charge is 0.389 e. The Hall–Kier alpha value is -1.79. The lowest BCUT2D eigenvalue weighted by atomic mass is 9.95. The maximum Gasteiger partial charge on any atom is 0.241 e. The summed E-state index contributed by atoms with van der Waals surface area (Å²) in [7, 11) is 0. The van der Waals surface area contributed by atoms with E-state index >= 15 is 0 Å². The fourth-order valence-corrected chi connectivity index (χ4v) is 2.68. The summed E-state index contributed by atoms with van der Waals surface area (Å²) in [5.41, 5.74) is 0.0648. The Morgan fingerprint density at radius 3 is 2.86 bits per heavy atom. The van der Waals surface area contributed by atoms with E-state index in [1.54, 1.807) is 12.1 Å². The van der Waals surface area contributed by atoms with Crippen LogP contribution in [0.15, 0.2) is 28.8 Å². The van der Waals surface area contributed by atoms with Gasteiger partial charge >= 0.3 is 0 Å². The Labute approximate surface area is 122 Å². The number of halogens is 1. The first-order valence-electron chi connectivity index (χ1n) is 7.05. The van der Waals surface area contributed by atoms with Gasteiger partial charge in [0.05, 0.1) is 12.1 Å². The van der Waals surface area contributed by atoms with E-state index in [0.29, 0.717) is 24.8 Å². The molecule has 2 heterocycles. The number of benzene rings is 1. The minimum absolute atomic E-state index is 0.294. The van der Waals surface area contributed by atoms with Crippen LogP contribution in [0.4, 0.5) is 4.39 Å². The normalized spacial score (nSPS) is 23.4. The predicted molar refractivity (Wildman–Crippen MR) is 74.8 cm³/mol. The number of likely N-dealkylation sites (tertiary alicyclic amines) is 1. The summed E-state index contributed by atoms with van der Waals surface area (Å²) in [6.07, 6.45) is 1.76. The van der Waals surface area contributed by atoms with Gasteiger partial charge in [0.1, 0.15) is 5.82 Å². The van der Waals surface area contributed by atoms with Crippen LogP contribution in [0.5, 0.6) is 0 Å². The Bertz CT molecular complexity index is 610. The van der Waals surface area contributed by atoms with Crippen LogP contribution in [0.3, 0.4) is 0 Å². The van der Waals surface area contributed by atoms with Crippen molar-refractivity contribution < 1.29 is 14.0 Å². The number of hydrogen-bond donors (Lipinski definition) is 1. The minimum atomic E-state index is -0.655. The van der Waals surface area contributed by atoms with Crippen molar-refractivity contribution >= 4 is 0 Å². The number of aliphatic hydroxyl groups is 1. The van der Waals surface area contributed by atoms with Crippen LogP contribution < -0.4 is 0 Å². The van der Waals surface area contributed by atoms with E-state index in [9.17, 15) is 9.50 Å². The summed E-state index contributed by atoms with van der Waals surface area (Å²) in [5, 5.41) is 14.0. The third-order valence-corrected chi connectivity index (χ3v) is 3.68. The van der Waals surface area contributed by atoms with Crippen LogP contribution in [0, 0.1) is 5.82 Å². The first-order valence-corrected chi connectivity index (χ1v) is 7.05. The van der Waals surface area contributed by atoms with Gasteiger partial charge in [-0.05, 0) is 50.6 Å². The number of aromatic nitrogens is 2. The van der Waals surface area contributed by atoms with Gasteiger partial charge in [0.15, 0.2) is 0 Å². The van der Waals surface area contributed by atoms with E-state index in [-0.39, 0.29) is 5.82 Å². The molecule has 0 saturated carbocycles. The zero-order chi connectivity index (χ0) is 14.9. The van der Waals surface area contributed by atoms with E-state index in [0.717, 1.165) is 24.9 Å². The van der Waals surface area contributed by atoms with Gasteiger partial charge in [0, 0.05) is 12.1 Å². The van der Waals surface area contributed by atoms with Crippen molar-refractivity contribution in [2.75, 3.05) is 13.1 Å². The Kier molecular flexibility index (Phi) is 3.73. The second-order valence-electron chi connectivity index (χ2n) is 5.83. The molecular formula is C15H18FN3O2. The smallest absolute Gasteiger partial charge is 0.241 e. The number of piperidine rings is 1. The highest BCUT2D eigenvalue weighted by molar-refractivity contribution is 5.53. The molecule has 1 aromatic heterocycles. The van der Waals surface area contributed by atoms with Gasteiger partial charge in [-0.2, -0.15) is 4.98 Å². The van der Waals surface area contributed by atoms with Crippen molar-refractivity contribution in [2.24, 2.45) is 0 Å². The second-order valence-corrected chi connectivity index (χ2v) is 5.83. The summed E-state index contributed by atoms with van der Waals surface area (Å²) in [6.45, 7) is 3.87. The highest BCUT2D eigenvalue weighted by Crippen LogP contribution is 2.22. The maximum atomic E-state index is 12.9. The molecule has 1 saturated heterocycles. The molecule has 2 aromatic rings. The first kappa shape index (κ1) is 14.2. The lowest BCUT2D eigenvalue weighted by Crippen LogP contribution is -2.45. The van der Waals surface area contributed by atoms with Gasteiger partial charge in [-0.3, -0.25) is 4.90 Å². The van der Waals surface area contributed by atoms with Gasteiger partial charge in [0.25, 0.3) is 0 Å². The van der Waals surface area contributed by atoms with Crippen LogP contribution in [0.25, 0.3) is 11.4 Å². The topological polar surface area (TPSA) is 62.4 Å². The molecule has 0 aliphatic carbocycles. The maximum absolute atomic E-state index is 12.9. The van der Waals surface area contributed by atoms with E-state index in [4.69, 9.17) is 4.52 Å². The van der Waals surface area contributed by atoms with Crippen molar-refractivity contribution in [1.82, 2.24) is 15.0 Å². The highest BCUT2D eigenvalue weighted by atomic mass is 19.1. The molecule has 0 amide bonds. The molecule has 1 atom stereocenters. The molecule has 1 fully saturated rings. The summed E-state index contributed by atoms with van der Waals surface area (Å²) in [4.78, 5) is 6.43. The number of nitrogens with zero attached hydrogens (tertiary/aromatic N) is 3. The van der Waals surface area contributed by atoms with Crippen LogP contribution >= 0.6 is 0 Å². The lowest BCUT2D eigenvalue weighted by Gasteiger charge is -2.35. The van der Waals surface area contributed by atoms with Gasteiger partial charge in [-0.15, -0.1) is 0 Å². The van der Waals surface area contributed by atoms with Crippen molar-refractivity contribution in [3.05, 3.63) is 36.0 Å². The van der Waals surface area contributed by atoms with Crippen LogP contribution in [0.1, 0.15) is 25.7 Å². The number of rotatable bonds is 3. The molecule has 1 aliphatic heterocycles. The van der Waals surface area contributed by atoms with Crippen LogP contribution in [-0.4, -0.2) is 38.8 Å². The molecule has 0 bridgehead atoms. The molecule has 0 spiro atoms. The van der Waals surface area contributed by atoms with E-state index in [1.165, 1.54) is 12.1 Å². The quantitative estimate of drug-likeness (QED) is 0.939. The summed E-state index contributed by atoms with van der Waals surface area (Å²) in [5.74, 6) is 0.666. The van der Waals surface area contributed by atoms with Crippen molar-refractivity contribution in [1.29, 1.82) is 0 Å². The number of β-amino-alcohol motifs (C(OH)–C–C–N with tert-alkyl or cyclic N) is 1. The highest BCUT2D eigenvalue weighted by Gasteiger charge is 2.29. The molecule has 5 nitrogen and oxygen atoms in total. The Balaban J connectivity index is 1.69. The molecule has 21 heavy (non-hydrogen) atoms. The monoisotopic (exact) mass is 291 g/mol. The predicted octanol–water partition coefficient (Wildman–Crippen LogP) is 2.22.